The maximum atomic E-state index is 11.2. The normalized spacial score (nSPS) is 10.6. The molecule has 1 heterocycles. The summed E-state index contributed by atoms with van der Waals surface area (Å²) < 4.78 is 1.43. The van der Waals surface area contributed by atoms with Crippen LogP contribution in [0.3, 0.4) is 0 Å². The molecule has 2 N–H and O–H groups in total. The van der Waals surface area contributed by atoms with Gasteiger partial charge in [-0.1, -0.05) is 36.0 Å². The van der Waals surface area contributed by atoms with Gasteiger partial charge in [0, 0.05) is 12.8 Å². The second-order valence-electron chi connectivity index (χ2n) is 3.96. The van der Waals surface area contributed by atoms with Gasteiger partial charge in [0.05, 0.1) is 6.61 Å². The van der Waals surface area contributed by atoms with Gasteiger partial charge in [0.2, 0.25) is 0 Å². The lowest BCUT2D eigenvalue weighted by Gasteiger charge is -2.06. The number of aromatic amines is 1. The van der Waals surface area contributed by atoms with E-state index in [1.54, 1.807) is 7.05 Å². The number of thioether (sulfide) groups is 1. The van der Waals surface area contributed by atoms with Crippen molar-refractivity contribution in [3.8, 4) is 0 Å². The van der Waals surface area contributed by atoms with Crippen molar-refractivity contribution in [2.75, 3.05) is 0 Å². The van der Waals surface area contributed by atoms with Crippen LogP contribution in [0, 0.1) is 0 Å². The number of nitrogens with one attached hydrogen (secondary N) is 1. The van der Waals surface area contributed by atoms with E-state index < -0.39 is 11.1 Å². The molecule has 0 radical (unpaired) electrons. The molecule has 100 valence electrons. The van der Waals surface area contributed by atoms with Crippen LogP contribution in [0.1, 0.15) is 11.1 Å². The van der Waals surface area contributed by atoms with Crippen molar-refractivity contribution >= 4 is 11.8 Å². The van der Waals surface area contributed by atoms with E-state index in [9.17, 15) is 9.59 Å². The fourth-order valence-electron chi connectivity index (χ4n) is 1.48. The minimum Gasteiger partial charge on any atom is -0.392 e. The second-order valence-corrected chi connectivity index (χ2v) is 4.91. The zero-order valence-corrected chi connectivity index (χ0v) is 11.1. The van der Waals surface area contributed by atoms with Gasteiger partial charge in [-0.2, -0.15) is 4.98 Å². The van der Waals surface area contributed by atoms with E-state index in [0.29, 0.717) is 10.9 Å². The Balaban J connectivity index is 2.12. The van der Waals surface area contributed by atoms with Crippen LogP contribution in [0.2, 0.25) is 0 Å². The number of nitrogens with zero attached hydrogens (tertiary/aromatic N) is 2. The van der Waals surface area contributed by atoms with Gasteiger partial charge in [-0.15, -0.1) is 0 Å². The number of aliphatic hydroxyl groups excluding tert-OH is 1. The molecule has 0 saturated heterocycles. The maximum absolute atomic E-state index is 11.2. The van der Waals surface area contributed by atoms with Crippen LogP contribution < -0.4 is 11.1 Å². The molecule has 0 unspecified atom stereocenters. The summed E-state index contributed by atoms with van der Waals surface area (Å²) in [6.07, 6.45) is 0. The molecule has 7 heteroatoms. The molecule has 0 bridgehead atoms. The van der Waals surface area contributed by atoms with Gasteiger partial charge >= 0.3 is 11.1 Å². The fraction of sp³-hybridized carbons (Fsp3) is 0.250. The summed E-state index contributed by atoms with van der Waals surface area (Å²) in [7, 11) is 1.63. The molecule has 1 aromatic carbocycles. The summed E-state index contributed by atoms with van der Waals surface area (Å²) in [5, 5.41) is 11.8. The maximum Gasteiger partial charge on any atom is 0.339 e. The molecule has 0 aliphatic heterocycles. The third kappa shape index (κ3) is 3.33. The van der Waals surface area contributed by atoms with E-state index in [1.807, 2.05) is 24.3 Å². The smallest absolute Gasteiger partial charge is 0.339 e. The average molecular weight is 279 g/mol. The van der Waals surface area contributed by atoms with E-state index in [-0.39, 0.29) is 6.61 Å². The summed E-state index contributed by atoms with van der Waals surface area (Å²) in [6, 6.07) is 7.50. The molecule has 0 atom stereocenters. The summed E-state index contributed by atoms with van der Waals surface area (Å²) in [6.45, 7) is 0.0173. The molecular formula is C12H13N3O3S. The first kappa shape index (κ1) is 13.6. The highest BCUT2D eigenvalue weighted by molar-refractivity contribution is 7.98. The summed E-state index contributed by atoms with van der Waals surface area (Å²) in [5.74, 6) is 0.623. The van der Waals surface area contributed by atoms with E-state index in [1.165, 1.54) is 16.4 Å². The van der Waals surface area contributed by atoms with Gasteiger partial charge < -0.3 is 5.11 Å². The molecule has 6 nitrogen and oxygen atoms in total. The van der Waals surface area contributed by atoms with Gasteiger partial charge in [-0.25, -0.2) is 0 Å². The Morgan fingerprint density at radius 1 is 1.26 bits per heavy atom. The first-order valence-electron chi connectivity index (χ1n) is 5.59. The minimum atomic E-state index is -0.781. The van der Waals surface area contributed by atoms with E-state index in [2.05, 4.69) is 10.1 Å². The Morgan fingerprint density at radius 3 is 2.53 bits per heavy atom. The Bertz CT molecular complexity index is 676. The molecule has 0 amide bonds. The molecule has 1 aromatic heterocycles. The summed E-state index contributed by atoms with van der Waals surface area (Å²) in [5.41, 5.74) is 0.390. The van der Waals surface area contributed by atoms with Gasteiger partial charge in [0.1, 0.15) is 0 Å². The Labute approximate surface area is 113 Å². The quantitative estimate of drug-likeness (QED) is 0.619. The largest absolute Gasteiger partial charge is 0.392 e. The monoisotopic (exact) mass is 279 g/mol. The van der Waals surface area contributed by atoms with Crippen LogP contribution in [0.5, 0.6) is 0 Å². The number of benzene rings is 1. The van der Waals surface area contributed by atoms with Crippen LogP contribution in [0.4, 0.5) is 0 Å². The van der Waals surface area contributed by atoms with Crippen molar-refractivity contribution in [3.05, 3.63) is 56.1 Å². The predicted molar refractivity (Wildman–Crippen MR) is 72.0 cm³/mol. The molecule has 2 aromatic rings. The first-order chi connectivity index (χ1) is 9.10. The van der Waals surface area contributed by atoms with Gasteiger partial charge in [0.15, 0.2) is 5.16 Å². The van der Waals surface area contributed by atoms with Gasteiger partial charge in [-0.3, -0.25) is 19.4 Å². The molecule has 0 spiro atoms. The van der Waals surface area contributed by atoms with Crippen LogP contribution in [0.25, 0.3) is 0 Å². The second kappa shape index (κ2) is 5.85. The SMILES string of the molecule is Cn1[nH]c(=O)c(=O)nc1SCc1ccc(CO)cc1. The Kier molecular flexibility index (Phi) is 4.18. The van der Waals surface area contributed by atoms with Crippen molar-refractivity contribution in [2.45, 2.75) is 17.5 Å². The van der Waals surface area contributed by atoms with Crippen molar-refractivity contribution in [1.82, 2.24) is 14.8 Å². The third-order valence-corrected chi connectivity index (χ3v) is 3.62. The molecule has 0 aliphatic rings. The van der Waals surface area contributed by atoms with Gasteiger partial charge in [-0.05, 0) is 11.1 Å². The van der Waals surface area contributed by atoms with Crippen LogP contribution >= 0.6 is 11.8 Å². The lowest BCUT2D eigenvalue weighted by atomic mass is 10.2. The molecule has 19 heavy (non-hydrogen) atoms. The molecule has 0 fully saturated rings. The van der Waals surface area contributed by atoms with E-state index in [0.717, 1.165) is 11.1 Å². The predicted octanol–water partition coefficient (Wildman–Crippen LogP) is 0.253. The average Bonchev–Trinajstić information content (AvgIpc) is 2.42. The van der Waals surface area contributed by atoms with Crippen LogP contribution in [0.15, 0.2) is 39.0 Å². The number of rotatable bonds is 4. The Hall–Kier alpha value is -1.86. The zero-order chi connectivity index (χ0) is 13.8. The molecule has 2 rings (SSSR count). The topological polar surface area (TPSA) is 88.0 Å². The number of H-pyrrole nitrogens is 1. The van der Waals surface area contributed by atoms with Crippen LogP contribution in [-0.2, 0) is 19.4 Å². The highest BCUT2D eigenvalue weighted by Crippen LogP contribution is 2.18. The van der Waals surface area contributed by atoms with Crippen molar-refractivity contribution in [2.24, 2.45) is 7.05 Å². The highest BCUT2D eigenvalue weighted by atomic mass is 32.2. The Morgan fingerprint density at radius 2 is 1.89 bits per heavy atom. The number of hydrogen-bond acceptors (Lipinski definition) is 5. The molecular weight excluding hydrogens is 266 g/mol. The lowest BCUT2D eigenvalue weighted by molar-refractivity contribution is 0.282. The lowest BCUT2D eigenvalue weighted by Crippen LogP contribution is -2.33. The minimum absolute atomic E-state index is 0.0173. The van der Waals surface area contributed by atoms with Crippen LogP contribution in [-0.4, -0.2) is 19.9 Å². The number of aryl methyl sites for hydroxylation is 1. The summed E-state index contributed by atoms with van der Waals surface area (Å²) in [4.78, 5) is 25.9. The van der Waals surface area contributed by atoms with E-state index >= 15 is 0 Å². The first-order valence-corrected chi connectivity index (χ1v) is 6.57. The summed E-state index contributed by atoms with van der Waals surface area (Å²) >= 11 is 1.36. The van der Waals surface area contributed by atoms with Crippen molar-refractivity contribution in [1.29, 1.82) is 0 Å². The van der Waals surface area contributed by atoms with Crippen molar-refractivity contribution < 1.29 is 5.11 Å². The van der Waals surface area contributed by atoms with E-state index in [4.69, 9.17) is 5.11 Å². The zero-order valence-electron chi connectivity index (χ0n) is 10.3. The number of aliphatic hydroxyl groups is 1. The number of hydrogen-bond donors (Lipinski definition) is 2. The highest BCUT2D eigenvalue weighted by Gasteiger charge is 2.05. The standard InChI is InChI=1S/C12H13N3O3S/c1-15-12(13-10(17)11(18)14-15)19-7-9-4-2-8(6-16)3-5-9/h2-5,16H,6-7H2,1H3,(H,14,18). The fourth-order valence-corrected chi connectivity index (χ4v) is 2.35. The van der Waals surface area contributed by atoms with Gasteiger partial charge in [0.25, 0.3) is 0 Å². The number of aromatic nitrogens is 3. The molecule has 0 saturated carbocycles. The third-order valence-electron chi connectivity index (χ3n) is 2.52. The van der Waals surface area contributed by atoms with Crippen molar-refractivity contribution in [3.63, 3.8) is 0 Å². The molecule has 0 aliphatic carbocycles.